The molecule has 3 rings (SSSR count). The van der Waals surface area contributed by atoms with E-state index in [1.165, 1.54) is 6.07 Å². The van der Waals surface area contributed by atoms with Crippen molar-refractivity contribution < 1.29 is 4.39 Å². The van der Waals surface area contributed by atoms with Gasteiger partial charge in [0.05, 0.1) is 16.6 Å². The monoisotopic (exact) mass is 302 g/mol. The standard InChI is InChI=1S/C15H15FN4O2/c1-8(2)20-13(3-4-17-20)10-6-11-12(5-9(10)7-16)18-15(22)19-14(11)21/h3-6,8H,7H2,1-2H3,(H2,18,19,21,22). The van der Waals surface area contributed by atoms with Crippen LogP contribution in [0.1, 0.15) is 25.5 Å². The highest BCUT2D eigenvalue weighted by atomic mass is 19.1. The fourth-order valence-electron chi connectivity index (χ4n) is 2.55. The Morgan fingerprint density at radius 1 is 1.27 bits per heavy atom. The maximum Gasteiger partial charge on any atom is 0.326 e. The van der Waals surface area contributed by atoms with Crippen molar-refractivity contribution in [1.29, 1.82) is 0 Å². The third-order valence-electron chi connectivity index (χ3n) is 3.54. The average molecular weight is 302 g/mol. The lowest BCUT2D eigenvalue weighted by atomic mass is 10.0. The lowest BCUT2D eigenvalue weighted by Gasteiger charge is -2.14. The Hall–Kier alpha value is -2.70. The number of fused-ring (bicyclic) bond motifs is 1. The summed E-state index contributed by atoms with van der Waals surface area (Å²) in [6.45, 7) is 3.23. The minimum absolute atomic E-state index is 0.0991. The van der Waals surface area contributed by atoms with Crippen molar-refractivity contribution in [3.05, 3.63) is 50.8 Å². The number of aromatic nitrogens is 4. The molecule has 0 unspecified atom stereocenters. The molecule has 0 fully saturated rings. The third kappa shape index (κ3) is 2.24. The number of hydrogen-bond donors (Lipinski definition) is 2. The Morgan fingerprint density at radius 2 is 2.05 bits per heavy atom. The molecule has 1 aromatic carbocycles. The Balaban J connectivity index is 2.36. The molecule has 0 bridgehead atoms. The SMILES string of the molecule is CC(C)n1nccc1-c1cc2c(=O)[nH]c(=O)[nH]c2cc1CF. The van der Waals surface area contributed by atoms with Gasteiger partial charge < -0.3 is 4.98 Å². The molecular formula is C15H15FN4O2. The minimum atomic E-state index is -0.705. The average Bonchev–Trinajstić information content (AvgIpc) is 2.95. The van der Waals surface area contributed by atoms with Crippen LogP contribution in [0.5, 0.6) is 0 Å². The number of hydrogen-bond acceptors (Lipinski definition) is 3. The predicted octanol–water partition coefficient (Wildman–Crippen LogP) is 2.13. The van der Waals surface area contributed by atoms with Gasteiger partial charge in [-0.25, -0.2) is 9.18 Å². The number of aromatic amines is 2. The molecule has 22 heavy (non-hydrogen) atoms. The van der Waals surface area contributed by atoms with Gasteiger partial charge in [-0.1, -0.05) is 0 Å². The molecule has 114 valence electrons. The normalized spacial score (nSPS) is 11.5. The van der Waals surface area contributed by atoms with Crippen LogP contribution in [-0.2, 0) is 6.67 Å². The topological polar surface area (TPSA) is 83.5 Å². The van der Waals surface area contributed by atoms with E-state index in [-0.39, 0.29) is 6.04 Å². The van der Waals surface area contributed by atoms with E-state index in [4.69, 9.17) is 0 Å². The van der Waals surface area contributed by atoms with Crippen molar-refractivity contribution in [1.82, 2.24) is 19.7 Å². The van der Waals surface area contributed by atoms with Gasteiger partial charge in [-0.2, -0.15) is 5.10 Å². The summed E-state index contributed by atoms with van der Waals surface area (Å²) in [5.41, 5.74) is 0.939. The van der Waals surface area contributed by atoms with Gasteiger partial charge in [0.25, 0.3) is 5.56 Å². The molecule has 0 aliphatic rings. The molecule has 7 heteroatoms. The van der Waals surface area contributed by atoms with E-state index in [1.807, 2.05) is 13.8 Å². The van der Waals surface area contributed by atoms with Crippen LogP contribution in [0.25, 0.3) is 22.2 Å². The number of nitrogens with one attached hydrogen (secondary N) is 2. The number of benzene rings is 1. The summed E-state index contributed by atoms with van der Waals surface area (Å²) in [5.74, 6) is 0. The second-order valence-electron chi connectivity index (χ2n) is 5.35. The molecule has 3 aromatic rings. The highest BCUT2D eigenvalue weighted by Gasteiger charge is 2.15. The van der Waals surface area contributed by atoms with E-state index in [9.17, 15) is 14.0 Å². The molecule has 2 heterocycles. The van der Waals surface area contributed by atoms with Gasteiger partial charge >= 0.3 is 5.69 Å². The van der Waals surface area contributed by atoms with Crippen molar-refractivity contribution >= 4 is 10.9 Å². The first-order chi connectivity index (χ1) is 10.5. The molecule has 0 aliphatic carbocycles. The zero-order chi connectivity index (χ0) is 15.9. The largest absolute Gasteiger partial charge is 0.326 e. The van der Waals surface area contributed by atoms with Crippen LogP contribution in [0.2, 0.25) is 0 Å². The molecule has 0 saturated heterocycles. The van der Waals surface area contributed by atoms with Gasteiger partial charge in [0.15, 0.2) is 0 Å². The third-order valence-corrected chi connectivity index (χ3v) is 3.54. The summed E-state index contributed by atoms with van der Waals surface area (Å²) < 4.78 is 15.2. The Kier molecular flexibility index (Phi) is 3.40. The molecule has 6 nitrogen and oxygen atoms in total. The fourth-order valence-corrected chi connectivity index (χ4v) is 2.55. The van der Waals surface area contributed by atoms with Gasteiger partial charge in [-0.15, -0.1) is 0 Å². The first-order valence-electron chi connectivity index (χ1n) is 6.90. The number of alkyl halides is 1. The first kappa shape index (κ1) is 14.2. The first-order valence-corrected chi connectivity index (χ1v) is 6.90. The van der Waals surface area contributed by atoms with Gasteiger partial charge in [-0.05, 0) is 37.6 Å². The highest BCUT2D eigenvalue weighted by Crippen LogP contribution is 2.28. The van der Waals surface area contributed by atoms with Crippen LogP contribution >= 0.6 is 0 Å². The van der Waals surface area contributed by atoms with Crippen LogP contribution in [0.3, 0.4) is 0 Å². The molecular weight excluding hydrogens is 287 g/mol. The number of rotatable bonds is 3. The van der Waals surface area contributed by atoms with Crippen LogP contribution in [0, 0.1) is 0 Å². The summed E-state index contributed by atoms with van der Waals surface area (Å²) in [6.07, 6.45) is 1.64. The smallest absolute Gasteiger partial charge is 0.307 e. The van der Waals surface area contributed by atoms with Crippen molar-refractivity contribution in [3.8, 4) is 11.3 Å². The summed E-state index contributed by atoms with van der Waals surface area (Å²) in [5, 5.41) is 4.54. The Bertz CT molecular complexity index is 952. The highest BCUT2D eigenvalue weighted by molar-refractivity contribution is 5.85. The molecule has 2 N–H and O–H groups in total. The van der Waals surface area contributed by atoms with Gasteiger partial charge in [-0.3, -0.25) is 14.5 Å². The summed E-state index contributed by atoms with van der Waals surface area (Å²) in [4.78, 5) is 28.0. The van der Waals surface area contributed by atoms with Crippen LogP contribution < -0.4 is 11.2 Å². The van der Waals surface area contributed by atoms with E-state index in [0.29, 0.717) is 22.0 Å². The van der Waals surface area contributed by atoms with Gasteiger partial charge in [0.2, 0.25) is 0 Å². The van der Waals surface area contributed by atoms with E-state index >= 15 is 0 Å². The molecule has 0 saturated carbocycles. The molecule has 2 aromatic heterocycles. The van der Waals surface area contributed by atoms with Gasteiger partial charge in [0.1, 0.15) is 6.67 Å². The number of H-pyrrole nitrogens is 2. The lowest BCUT2D eigenvalue weighted by molar-refractivity contribution is 0.485. The van der Waals surface area contributed by atoms with Crippen molar-refractivity contribution in [2.24, 2.45) is 0 Å². The zero-order valence-corrected chi connectivity index (χ0v) is 12.2. The Morgan fingerprint density at radius 3 is 2.73 bits per heavy atom. The van der Waals surface area contributed by atoms with Crippen molar-refractivity contribution in [2.75, 3.05) is 0 Å². The lowest BCUT2D eigenvalue weighted by Crippen LogP contribution is -2.22. The van der Waals surface area contributed by atoms with Crippen molar-refractivity contribution in [2.45, 2.75) is 26.6 Å². The number of halogens is 1. The van der Waals surface area contributed by atoms with Crippen LogP contribution in [0.15, 0.2) is 34.0 Å². The molecule has 0 spiro atoms. The second-order valence-corrected chi connectivity index (χ2v) is 5.35. The zero-order valence-electron chi connectivity index (χ0n) is 12.2. The van der Waals surface area contributed by atoms with E-state index in [1.54, 1.807) is 23.0 Å². The second kappa shape index (κ2) is 5.25. The van der Waals surface area contributed by atoms with Crippen LogP contribution in [-0.4, -0.2) is 19.7 Å². The van der Waals surface area contributed by atoms with Crippen molar-refractivity contribution in [3.63, 3.8) is 0 Å². The Labute approximate surface area is 124 Å². The van der Waals surface area contributed by atoms with E-state index in [0.717, 1.165) is 5.69 Å². The molecule has 0 aliphatic heterocycles. The molecule has 0 atom stereocenters. The summed E-state index contributed by atoms with van der Waals surface area (Å²) in [6, 6.07) is 4.97. The molecule has 0 amide bonds. The van der Waals surface area contributed by atoms with Gasteiger partial charge in [0, 0.05) is 17.8 Å². The van der Waals surface area contributed by atoms with E-state index in [2.05, 4.69) is 15.1 Å². The fraction of sp³-hybridized carbons (Fsp3) is 0.267. The maximum atomic E-state index is 13.4. The molecule has 0 radical (unpaired) electrons. The minimum Gasteiger partial charge on any atom is -0.307 e. The summed E-state index contributed by atoms with van der Waals surface area (Å²) in [7, 11) is 0. The van der Waals surface area contributed by atoms with E-state index < -0.39 is 17.9 Å². The quantitative estimate of drug-likeness (QED) is 0.777. The van der Waals surface area contributed by atoms with Crippen LogP contribution in [0.4, 0.5) is 4.39 Å². The number of nitrogens with zero attached hydrogens (tertiary/aromatic N) is 2. The summed E-state index contributed by atoms with van der Waals surface area (Å²) >= 11 is 0. The maximum absolute atomic E-state index is 13.4. The predicted molar refractivity (Wildman–Crippen MR) is 81.6 cm³/mol.